The van der Waals surface area contributed by atoms with E-state index in [2.05, 4.69) is 5.32 Å². The maximum absolute atomic E-state index is 12.0. The molecule has 1 saturated carbocycles. The molecule has 0 spiro atoms. The number of carboxylic acids is 1. The van der Waals surface area contributed by atoms with E-state index in [9.17, 15) is 14.4 Å². The normalized spacial score (nSPS) is 17.4. The first kappa shape index (κ1) is 15.5. The Balaban J connectivity index is 2.61. The highest BCUT2D eigenvalue weighted by molar-refractivity contribution is 6.06. The van der Waals surface area contributed by atoms with Crippen molar-refractivity contribution in [2.75, 3.05) is 6.61 Å². The van der Waals surface area contributed by atoms with Crippen molar-refractivity contribution in [1.82, 2.24) is 5.32 Å². The summed E-state index contributed by atoms with van der Waals surface area (Å²) < 4.78 is 4.87. The van der Waals surface area contributed by atoms with Gasteiger partial charge in [0.1, 0.15) is 11.5 Å². The fraction of sp³-hybridized carbons (Fsp3) is 0.769. The molecule has 6 heteroatoms. The molecule has 1 fully saturated rings. The van der Waals surface area contributed by atoms with Crippen molar-refractivity contribution in [2.24, 2.45) is 5.41 Å². The summed E-state index contributed by atoms with van der Waals surface area (Å²) in [6.07, 6.45) is 2.79. The van der Waals surface area contributed by atoms with Crippen molar-refractivity contribution in [3.05, 3.63) is 0 Å². The van der Waals surface area contributed by atoms with Crippen molar-refractivity contribution in [2.45, 2.75) is 52.0 Å². The molecule has 1 amide bonds. The van der Waals surface area contributed by atoms with Crippen molar-refractivity contribution in [3.63, 3.8) is 0 Å². The molecule has 108 valence electrons. The molecule has 0 aromatic heterocycles. The standard InChI is InChI=1S/C13H21NO5/c1-3-5-6-9(10(15)16)14-11(17)13(7-8-13)12(18)19-4-2/h9H,3-8H2,1-2H3,(H,14,17)(H,15,16). The van der Waals surface area contributed by atoms with Gasteiger partial charge in [-0.25, -0.2) is 4.79 Å². The van der Waals surface area contributed by atoms with E-state index < -0.39 is 29.3 Å². The zero-order chi connectivity index (χ0) is 14.5. The molecule has 2 N–H and O–H groups in total. The van der Waals surface area contributed by atoms with Gasteiger partial charge in [-0.05, 0) is 26.2 Å². The summed E-state index contributed by atoms with van der Waals surface area (Å²) in [5.74, 6) is -2.14. The van der Waals surface area contributed by atoms with Crippen LogP contribution in [-0.4, -0.2) is 35.6 Å². The summed E-state index contributed by atoms with van der Waals surface area (Å²) >= 11 is 0. The quantitative estimate of drug-likeness (QED) is 0.509. The second-order valence-corrected chi connectivity index (χ2v) is 4.81. The Kier molecular flexibility index (Phi) is 5.32. The third kappa shape index (κ3) is 3.68. The lowest BCUT2D eigenvalue weighted by molar-refractivity contribution is -0.155. The number of esters is 1. The molecule has 6 nitrogen and oxygen atoms in total. The Morgan fingerprint density at radius 2 is 1.95 bits per heavy atom. The van der Waals surface area contributed by atoms with E-state index in [1.165, 1.54) is 0 Å². The van der Waals surface area contributed by atoms with E-state index in [1.807, 2.05) is 6.92 Å². The van der Waals surface area contributed by atoms with E-state index in [-0.39, 0.29) is 6.61 Å². The number of hydrogen-bond donors (Lipinski definition) is 2. The predicted octanol–water partition coefficient (Wildman–Crippen LogP) is 1.09. The van der Waals surface area contributed by atoms with Crippen molar-refractivity contribution < 1.29 is 24.2 Å². The molecule has 1 atom stereocenters. The number of carbonyl (C=O) groups is 3. The lowest BCUT2D eigenvalue weighted by Gasteiger charge is -2.18. The molecule has 19 heavy (non-hydrogen) atoms. The third-order valence-electron chi connectivity index (χ3n) is 3.30. The van der Waals surface area contributed by atoms with Crippen molar-refractivity contribution in [3.8, 4) is 0 Å². The summed E-state index contributed by atoms with van der Waals surface area (Å²) in [4.78, 5) is 34.8. The van der Waals surface area contributed by atoms with Crippen LogP contribution in [0, 0.1) is 5.41 Å². The average molecular weight is 271 g/mol. The largest absolute Gasteiger partial charge is 0.480 e. The fourth-order valence-electron chi connectivity index (χ4n) is 1.88. The van der Waals surface area contributed by atoms with Crippen molar-refractivity contribution >= 4 is 17.8 Å². The molecule has 1 aliphatic carbocycles. The number of hydrogen-bond acceptors (Lipinski definition) is 4. The molecule has 0 heterocycles. The molecular formula is C13H21NO5. The Morgan fingerprint density at radius 3 is 2.37 bits per heavy atom. The smallest absolute Gasteiger partial charge is 0.326 e. The van der Waals surface area contributed by atoms with Crippen LogP contribution in [0.4, 0.5) is 0 Å². The highest BCUT2D eigenvalue weighted by Crippen LogP contribution is 2.47. The van der Waals surface area contributed by atoms with E-state index in [4.69, 9.17) is 9.84 Å². The number of carbonyl (C=O) groups excluding carboxylic acids is 2. The van der Waals surface area contributed by atoms with Crippen LogP contribution in [0.2, 0.25) is 0 Å². The zero-order valence-electron chi connectivity index (χ0n) is 11.4. The molecule has 1 aliphatic rings. The van der Waals surface area contributed by atoms with Crippen molar-refractivity contribution in [1.29, 1.82) is 0 Å². The van der Waals surface area contributed by atoms with Crippen LogP contribution in [0.1, 0.15) is 46.0 Å². The first-order chi connectivity index (χ1) is 8.97. The SMILES string of the molecule is CCCCC(NC(=O)C1(C(=O)OCC)CC1)C(=O)O. The number of rotatable bonds is 8. The highest BCUT2D eigenvalue weighted by atomic mass is 16.5. The van der Waals surface area contributed by atoms with Gasteiger partial charge in [0, 0.05) is 0 Å². The van der Waals surface area contributed by atoms with E-state index in [1.54, 1.807) is 6.92 Å². The molecule has 1 rings (SSSR count). The molecule has 0 aromatic carbocycles. The first-order valence-corrected chi connectivity index (χ1v) is 6.69. The predicted molar refractivity (Wildman–Crippen MR) is 67.4 cm³/mol. The average Bonchev–Trinajstić information content (AvgIpc) is 3.15. The number of ether oxygens (including phenoxy) is 1. The summed E-state index contributed by atoms with van der Waals surface area (Å²) in [6.45, 7) is 3.83. The van der Waals surface area contributed by atoms with Gasteiger partial charge in [0.05, 0.1) is 6.61 Å². The maximum Gasteiger partial charge on any atom is 0.326 e. The van der Waals surface area contributed by atoms with E-state index >= 15 is 0 Å². The van der Waals surface area contributed by atoms with Gasteiger partial charge in [-0.15, -0.1) is 0 Å². The third-order valence-corrected chi connectivity index (χ3v) is 3.30. The summed E-state index contributed by atoms with van der Waals surface area (Å²) in [5, 5.41) is 11.5. The Bertz CT molecular complexity index is 362. The summed E-state index contributed by atoms with van der Waals surface area (Å²) in [6, 6.07) is -0.931. The molecular weight excluding hydrogens is 250 g/mol. The van der Waals surface area contributed by atoms with Gasteiger partial charge < -0.3 is 15.2 Å². The van der Waals surface area contributed by atoms with Crippen LogP contribution >= 0.6 is 0 Å². The topological polar surface area (TPSA) is 92.7 Å². The second-order valence-electron chi connectivity index (χ2n) is 4.81. The molecule has 0 bridgehead atoms. The summed E-state index contributed by atoms with van der Waals surface area (Å²) in [5.41, 5.74) is -1.14. The van der Waals surface area contributed by atoms with E-state index in [0.717, 1.165) is 6.42 Å². The van der Waals surface area contributed by atoms with Crippen LogP contribution in [0.5, 0.6) is 0 Å². The minimum atomic E-state index is -1.14. The number of nitrogens with one attached hydrogen (secondary N) is 1. The van der Waals surface area contributed by atoms with E-state index in [0.29, 0.717) is 25.7 Å². The second kappa shape index (κ2) is 6.54. The van der Waals surface area contributed by atoms with Gasteiger partial charge in [-0.1, -0.05) is 19.8 Å². The first-order valence-electron chi connectivity index (χ1n) is 6.69. The molecule has 0 radical (unpaired) electrons. The van der Waals surface area contributed by atoms with Gasteiger partial charge in [0.15, 0.2) is 0 Å². The molecule has 0 aliphatic heterocycles. The van der Waals surface area contributed by atoms with Crippen LogP contribution in [0.15, 0.2) is 0 Å². The maximum atomic E-state index is 12.0. The molecule has 0 saturated heterocycles. The minimum Gasteiger partial charge on any atom is -0.480 e. The lowest BCUT2D eigenvalue weighted by atomic mass is 10.0. The lowest BCUT2D eigenvalue weighted by Crippen LogP contribution is -2.46. The fourth-order valence-corrected chi connectivity index (χ4v) is 1.88. The zero-order valence-corrected chi connectivity index (χ0v) is 11.4. The van der Waals surface area contributed by atoms with Crippen LogP contribution in [0.3, 0.4) is 0 Å². The van der Waals surface area contributed by atoms with Crippen LogP contribution in [0.25, 0.3) is 0 Å². The van der Waals surface area contributed by atoms with Gasteiger partial charge in [-0.3, -0.25) is 9.59 Å². The number of unbranched alkanes of at least 4 members (excludes halogenated alkanes) is 1. The number of carboxylic acid groups (broad SMARTS) is 1. The van der Waals surface area contributed by atoms with Gasteiger partial charge in [-0.2, -0.15) is 0 Å². The van der Waals surface area contributed by atoms with Gasteiger partial charge in [0.25, 0.3) is 0 Å². The minimum absolute atomic E-state index is 0.214. The van der Waals surface area contributed by atoms with Crippen LogP contribution in [-0.2, 0) is 19.1 Å². The van der Waals surface area contributed by atoms with Crippen LogP contribution < -0.4 is 5.32 Å². The van der Waals surface area contributed by atoms with Gasteiger partial charge >= 0.3 is 11.9 Å². The number of amides is 1. The Labute approximate surface area is 112 Å². The Hall–Kier alpha value is -1.59. The molecule has 1 unspecified atom stereocenters. The Morgan fingerprint density at radius 1 is 1.32 bits per heavy atom. The molecule has 0 aromatic rings. The summed E-state index contributed by atoms with van der Waals surface area (Å²) in [7, 11) is 0. The monoisotopic (exact) mass is 271 g/mol. The number of aliphatic carboxylic acids is 1. The highest BCUT2D eigenvalue weighted by Gasteiger charge is 2.58. The van der Waals surface area contributed by atoms with Gasteiger partial charge in [0.2, 0.25) is 5.91 Å².